The van der Waals surface area contributed by atoms with Gasteiger partial charge in [-0.15, -0.1) is 0 Å². The second-order valence-electron chi connectivity index (χ2n) is 3.55. The van der Waals surface area contributed by atoms with Crippen LogP contribution in [0.15, 0.2) is 12.1 Å². The average Bonchev–Trinajstić information content (AvgIpc) is 2.25. The molecule has 0 amide bonds. The van der Waals surface area contributed by atoms with E-state index in [2.05, 4.69) is 5.32 Å². The summed E-state index contributed by atoms with van der Waals surface area (Å²) in [4.78, 5) is 0. The van der Waals surface area contributed by atoms with E-state index in [1.165, 1.54) is 0 Å². The summed E-state index contributed by atoms with van der Waals surface area (Å²) < 4.78 is 43.3. The average molecular weight is 233 g/mol. The molecule has 0 aliphatic rings. The Kier molecular flexibility index (Phi) is 4.76. The fraction of sp³-hybridized carbons (Fsp3) is 0.455. The lowest BCUT2D eigenvalue weighted by Crippen LogP contribution is -2.25. The minimum Gasteiger partial charge on any atom is -0.380 e. The Morgan fingerprint density at radius 2 is 1.81 bits per heavy atom. The van der Waals surface area contributed by atoms with Crippen LogP contribution in [0.1, 0.15) is 12.5 Å². The van der Waals surface area contributed by atoms with Crippen molar-refractivity contribution in [2.75, 3.05) is 13.7 Å². The van der Waals surface area contributed by atoms with Gasteiger partial charge in [-0.2, -0.15) is 0 Å². The van der Waals surface area contributed by atoms with Gasteiger partial charge in [-0.05, 0) is 24.6 Å². The first kappa shape index (κ1) is 13.0. The predicted molar refractivity (Wildman–Crippen MR) is 54.5 cm³/mol. The molecule has 0 saturated carbocycles. The summed E-state index contributed by atoms with van der Waals surface area (Å²) in [5.74, 6) is -3.78. The maximum atomic E-state index is 12.8. The number of methoxy groups -OCH3 is 1. The molecule has 1 rings (SSSR count). The molecule has 1 atom stereocenters. The van der Waals surface area contributed by atoms with Crippen molar-refractivity contribution in [3.63, 3.8) is 0 Å². The van der Waals surface area contributed by atoms with E-state index >= 15 is 0 Å². The Bertz CT molecular complexity index is 334. The van der Waals surface area contributed by atoms with Gasteiger partial charge in [0.1, 0.15) is 0 Å². The summed E-state index contributed by atoms with van der Waals surface area (Å²) in [6.07, 6.45) is 0.00939. The molecule has 0 heterocycles. The maximum absolute atomic E-state index is 12.8. The molecule has 0 aliphatic carbocycles. The molecule has 0 fully saturated rings. The summed E-state index contributed by atoms with van der Waals surface area (Å²) in [5.41, 5.74) is 0.361. The minimum absolute atomic E-state index is 0.00939. The van der Waals surface area contributed by atoms with Crippen molar-refractivity contribution in [2.45, 2.75) is 19.6 Å². The van der Waals surface area contributed by atoms with Crippen molar-refractivity contribution in [1.82, 2.24) is 5.32 Å². The molecule has 1 aromatic rings. The Balaban J connectivity index is 2.55. The smallest absolute Gasteiger partial charge is 0.194 e. The van der Waals surface area contributed by atoms with Crippen LogP contribution in [0.4, 0.5) is 13.2 Å². The third-order valence-corrected chi connectivity index (χ3v) is 2.21. The molecule has 1 N–H and O–H groups in total. The number of nitrogens with one attached hydrogen (secondary N) is 1. The fourth-order valence-electron chi connectivity index (χ4n) is 1.21. The summed E-state index contributed by atoms with van der Waals surface area (Å²) in [6, 6.07) is 1.95. The second kappa shape index (κ2) is 5.86. The van der Waals surface area contributed by atoms with Crippen molar-refractivity contribution < 1.29 is 17.9 Å². The lowest BCUT2D eigenvalue weighted by Gasteiger charge is -2.10. The molecule has 2 nitrogen and oxygen atoms in total. The lowest BCUT2D eigenvalue weighted by molar-refractivity contribution is 0.117. The van der Waals surface area contributed by atoms with Crippen molar-refractivity contribution in [2.24, 2.45) is 0 Å². The van der Waals surface area contributed by atoms with Crippen LogP contribution in [0, 0.1) is 17.5 Å². The largest absolute Gasteiger partial charge is 0.380 e. The summed E-state index contributed by atoms with van der Waals surface area (Å²) in [6.45, 7) is 2.68. The van der Waals surface area contributed by atoms with Gasteiger partial charge in [0.05, 0.1) is 6.10 Å². The third-order valence-electron chi connectivity index (χ3n) is 2.21. The van der Waals surface area contributed by atoms with Gasteiger partial charge in [-0.1, -0.05) is 0 Å². The number of halogens is 3. The molecular weight excluding hydrogens is 219 g/mol. The predicted octanol–water partition coefficient (Wildman–Crippen LogP) is 2.23. The standard InChI is InChI=1S/C11H14F3NO/c1-7(16-2)5-15-6-8-3-9(12)11(14)10(13)4-8/h3-4,7,15H,5-6H2,1-2H3. The van der Waals surface area contributed by atoms with Crippen LogP contribution in [0.2, 0.25) is 0 Å². The highest BCUT2D eigenvalue weighted by molar-refractivity contribution is 5.19. The molecule has 0 bridgehead atoms. The summed E-state index contributed by atoms with van der Waals surface area (Å²) in [7, 11) is 1.57. The molecule has 1 aromatic carbocycles. The Morgan fingerprint density at radius 3 is 2.31 bits per heavy atom. The zero-order chi connectivity index (χ0) is 12.1. The molecule has 0 aliphatic heterocycles. The summed E-state index contributed by atoms with van der Waals surface area (Å²) in [5, 5.41) is 2.95. The molecular formula is C11H14F3NO. The van der Waals surface area contributed by atoms with E-state index in [9.17, 15) is 13.2 Å². The Labute approximate surface area is 92.4 Å². The van der Waals surface area contributed by atoms with Gasteiger partial charge in [-0.3, -0.25) is 0 Å². The summed E-state index contributed by atoms with van der Waals surface area (Å²) >= 11 is 0. The zero-order valence-electron chi connectivity index (χ0n) is 9.19. The van der Waals surface area contributed by atoms with Gasteiger partial charge < -0.3 is 10.1 Å². The van der Waals surface area contributed by atoms with Crippen LogP contribution < -0.4 is 5.32 Å². The van der Waals surface area contributed by atoms with Crippen molar-refractivity contribution in [3.05, 3.63) is 35.1 Å². The van der Waals surface area contributed by atoms with E-state index in [-0.39, 0.29) is 12.6 Å². The Morgan fingerprint density at radius 1 is 1.25 bits per heavy atom. The maximum Gasteiger partial charge on any atom is 0.194 e. The first-order valence-corrected chi connectivity index (χ1v) is 4.91. The van der Waals surface area contributed by atoms with Gasteiger partial charge in [0.2, 0.25) is 0 Å². The van der Waals surface area contributed by atoms with Crippen molar-refractivity contribution >= 4 is 0 Å². The highest BCUT2D eigenvalue weighted by Crippen LogP contribution is 2.13. The van der Waals surface area contributed by atoms with Crippen LogP contribution in [-0.2, 0) is 11.3 Å². The van der Waals surface area contributed by atoms with Crippen molar-refractivity contribution in [3.8, 4) is 0 Å². The van der Waals surface area contributed by atoms with Crippen LogP contribution >= 0.6 is 0 Å². The van der Waals surface area contributed by atoms with Crippen LogP contribution in [0.25, 0.3) is 0 Å². The van der Waals surface area contributed by atoms with Gasteiger partial charge in [0.15, 0.2) is 17.5 Å². The number of ether oxygens (including phenoxy) is 1. The highest BCUT2D eigenvalue weighted by Gasteiger charge is 2.10. The third kappa shape index (κ3) is 3.50. The number of hydrogen-bond acceptors (Lipinski definition) is 2. The van der Waals surface area contributed by atoms with E-state index in [1.54, 1.807) is 7.11 Å². The van der Waals surface area contributed by atoms with Crippen molar-refractivity contribution in [1.29, 1.82) is 0 Å². The lowest BCUT2D eigenvalue weighted by atomic mass is 10.2. The molecule has 5 heteroatoms. The second-order valence-corrected chi connectivity index (χ2v) is 3.55. The zero-order valence-corrected chi connectivity index (χ0v) is 9.19. The van der Waals surface area contributed by atoms with E-state index in [0.717, 1.165) is 12.1 Å². The van der Waals surface area contributed by atoms with Crippen LogP contribution in [-0.4, -0.2) is 19.8 Å². The van der Waals surface area contributed by atoms with E-state index in [4.69, 9.17) is 4.74 Å². The first-order chi connectivity index (χ1) is 7.54. The number of rotatable bonds is 5. The molecule has 90 valence electrons. The van der Waals surface area contributed by atoms with Gasteiger partial charge >= 0.3 is 0 Å². The molecule has 0 spiro atoms. The fourth-order valence-corrected chi connectivity index (χ4v) is 1.21. The number of benzene rings is 1. The van der Waals surface area contributed by atoms with E-state index in [0.29, 0.717) is 12.1 Å². The van der Waals surface area contributed by atoms with Crippen LogP contribution in [0.5, 0.6) is 0 Å². The molecule has 16 heavy (non-hydrogen) atoms. The van der Waals surface area contributed by atoms with E-state index < -0.39 is 17.5 Å². The Hall–Kier alpha value is -1.07. The normalized spacial score (nSPS) is 12.8. The minimum atomic E-state index is -1.44. The topological polar surface area (TPSA) is 21.3 Å². The molecule has 1 unspecified atom stereocenters. The molecule has 0 aromatic heterocycles. The molecule has 0 saturated heterocycles. The SMILES string of the molecule is COC(C)CNCc1cc(F)c(F)c(F)c1. The molecule has 0 radical (unpaired) electrons. The van der Waals surface area contributed by atoms with Crippen LogP contribution in [0.3, 0.4) is 0 Å². The van der Waals surface area contributed by atoms with Gasteiger partial charge in [0, 0.05) is 20.2 Å². The number of hydrogen-bond donors (Lipinski definition) is 1. The van der Waals surface area contributed by atoms with Gasteiger partial charge in [0.25, 0.3) is 0 Å². The highest BCUT2D eigenvalue weighted by atomic mass is 19.2. The first-order valence-electron chi connectivity index (χ1n) is 4.91. The quantitative estimate of drug-likeness (QED) is 0.787. The monoisotopic (exact) mass is 233 g/mol. The van der Waals surface area contributed by atoms with Gasteiger partial charge in [-0.25, -0.2) is 13.2 Å². The van der Waals surface area contributed by atoms with E-state index in [1.807, 2.05) is 6.92 Å².